The highest BCUT2D eigenvalue weighted by Gasteiger charge is 2.41. The van der Waals surface area contributed by atoms with Crippen molar-refractivity contribution in [2.45, 2.75) is 48.0 Å². The second-order valence-corrected chi connectivity index (χ2v) is 3.44. The summed E-state index contributed by atoms with van der Waals surface area (Å²) in [6.45, 7) is 11.7. The van der Waals surface area contributed by atoms with Crippen LogP contribution in [0.25, 0.3) is 0 Å². The third kappa shape index (κ3) is 4.72. The van der Waals surface area contributed by atoms with Crippen LogP contribution in [0.5, 0.6) is 0 Å². The second kappa shape index (κ2) is 10.1. The number of hydrogen-bond acceptors (Lipinski definition) is 2. The smallest absolute Gasteiger partial charge is 0.233 e. The van der Waals surface area contributed by atoms with E-state index in [4.69, 9.17) is 0 Å². The number of carbonyl (C=O) groups excluding carboxylic acids is 2. The lowest BCUT2D eigenvalue weighted by Gasteiger charge is -2.06. The Bertz CT molecular complexity index is 259. The predicted molar refractivity (Wildman–Crippen MR) is 72.6 cm³/mol. The Hall–Kier alpha value is -1.12. The number of amides is 2. The summed E-state index contributed by atoms with van der Waals surface area (Å²) in [6.07, 6.45) is 4.51. The van der Waals surface area contributed by atoms with E-state index in [0.29, 0.717) is 6.42 Å². The van der Waals surface area contributed by atoms with Crippen molar-refractivity contribution in [2.75, 3.05) is 7.05 Å². The summed E-state index contributed by atoms with van der Waals surface area (Å²) in [5, 5.41) is 0. The minimum absolute atomic E-state index is 0.0457. The Kier molecular flexibility index (Phi) is 10.8. The Balaban J connectivity index is 0. The average Bonchev–Trinajstić information content (AvgIpc) is 2.57. The van der Waals surface area contributed by atoms with Crippen molar-refractivity contribution in [1.82, 2.24) is 4.90 Å². The van der Waals surface area contributed by atoms with E-state index in [1.54, 1.807) is 7.05 Å². The molecule has 1 heterocycles. The summed E-state index contributed by atoms with van der Waals surface area (Å²) in [5.74, 6) is -0.405. The molecule has 1 aliphatic rings. The molecule has 0 aromatic carbocycles. The van der Waals surface area contributed by atoms with Crippen LogP contribution in [-0.4, -0.2) is 23.8 Å². The fourth-order valence-corrected chi connectivity index (χ4v) is 1.64. The molecule has 0 saturated carbocycles. The molecule has 100 valence electrons. The molecule has 3 heteroatoms. The van der Waals surface area contributed by atoms with Gasteiger partial charge in [-0.1, -0.05) is 46.8 Å². The molecule has 0 aromatic heterocycles. The van der Waals surface area contributed by atoms with Crippen molar-refractivity contribution in [1.29, 1.82) is 0 Å². The van der Waals surface area contributed by atoms with E-state index in [2.05, 4.69) is 0 Å². The number of rotatable bonds is 2. The van der Waals surface area contributed by atoms with Gasteiger partial charge in [-0.25, -0.2) is 0 Å². The fourth-order valence-electron chi connectivity index (χ4n) is 1.64. The summed E-state index contributed by atoms with van der Waals surface area (Å²) in [4.78, 5) is 24.1. The van der Waals surface area contributed by atoms with Crippen molar-refractivity contribution in [3.8, 4) is 0 Å². The number of carbonyl (C=O) groups is 2. The first-order chi connectivity index (χ1) is 8.09. The number of nitrogens with zero attached hydrogens (tertiary/aromatic N) is 1. The molecule has 0 radical (unpaired) electrons. The Morgan fingerprint density at radius 3 is 1.88 bits per heavy atom. The first-order valence-electron chi connectivity index (χ1n) is 6.52. The topological polar surface area (TPSA) is 37.4 Å². The van der Waals surface area contributed by atoms with Gasteiger partial charge >= 0.3 is 0 Å². The van der Waals surface area contributed by atoms with E-state index >= 15 is 0 Å². The van der Waals surface area contributed by atoms with Crippen molar-refractivity contribution in [3.63, 3.8) is 0 Å². The van der Waals surface area contributed by atoms with Gasteiger partial charge in [0.05, 0.1) is 5.92 Å². The van der Waals surface area contributed by atoms with Crippen molar-refractivity contribution >= 4 is 11.8 Å². The zero-order valence-corrected chi connectivity index (χ0v) is 12.3. The maximum absolute atomic E-state index is 11.5. The largest absolute Gasteiger partial charge is 0.285 e. The first-order valence-corrected chi connectivity index (χ1v) is 6.52. The van der Waals surface area contributed by atoms with Gasteiger partial charge in [0.15, 0.2) is 0 Å². The van der Waals surface area contributed by atoms with Crippen molar-refractivity contribution in [3.05, 3.63) is 12.2 Å². The normalized spacial score (nSPS) is 23.1. The maximum Gasteiger partial charge on any atom is 0.233 e. The molecule has 0 aliphatic carbocycles. The van der Waals surface area contributed by atoms with Crippen LogP contribution in [0.3, 0.4) is 0 Å². The molecule has 2 atom stereocenters. The number of hydrogen-bond donors (Lipinski definition) is 0. The van der Waals surface area contributed by atoms with Crippen LogP contribution in [0.4, 0.5) is 0 Å². The van der Waals surface area contributed by atoms with Crippen LogP contribution >= 0.6 is 0 Å². The molecule has 2 amide bonds. The van der Waals surface area contributed by atoms with Gasteiger partial charge in [-0.2, -0.15) is 0 Å². The monoisotopic (exact) mass is 241 g/mol. The molecule has 17 heavy (non-hydrogen) atoms. The SMILES string of the molecule is C/C=C\CC1C(=O)N(C)C(=O)C1C.CC.CC. The zero-order chi connectivity index (χ0) is 14.0. The van der Waals surface area contributed by atoms with E-state index in [9.17, 15) is 9.59 Å². The highest BCUT2D eigenvalue weighted by molar-refractivity contribution is 6.04. The van der Waals surface area contributed by atoms with E-state index in [-0.39, 0.29) is 23.7 Å². The van der Waals surface area contributed by atoms with Gasteiger partial charge in [0.1, 0.15) is 0 Å². The van der Waals surface area contributed by atoms with Crippen LogP contribution in [-0.2, 0) is 9.59 Å². The molecule has 0 bridgehead atoms. The molecule has 1 rings (SSSR count). The minimum Gasteiger partial charge on any atom is -0.285 e. The van der Waals surface area contributed by atoms with E-state index in [1.165, 1.54) is 4.90 Å². The number of imide groups is 1. The molecule has 0 spiro atoms. The van der Waals surface area contributed by atoms with Gasteiger partial charge in [0.2, 0.25) is 11.8 Å². The summed E-state index contributed by atoms with van der Waals surface area (Å²) in [7, 11) is 1.55. The van der Waals surface area contributed by atoms with Crippen LogP contribution in [0, 0.1) is 11.8 Å². The summed E-state index contributed by atoms with van der Waals surface area (Å²) >= 11 is 0. The molecule has 1 aliphatic heterocycles. The van der Waals surface area contributed by atoms with Crippen molar-refractivity contribution in [2.24, 2.45) is 11.8 Å². The van der Waals surface area contributed by atoms with E-state index in [0.717, 1.165) is 0 Å². The van der Waals surface area contributed by atoms with Crippen LogP contribution in [0.2, 0.25) is 0 Å². The van der Waals surface area contributed by atoms with Crippen LogP contribution in [0.1, 0.15) is 48.0 Å². The van der Waals surface area contributed by atoms with Crippen LogP contribution in [0.15, 0.2) is 12.2 Å². The van der Waals surface area contributed by atoms with Gasteiger partial charge in [-0.15, -0.1) is 0 Å². The Labute approximate surface area is 106 Å². The van der Waals surface area contributed by atoms with Crippen LogP contribution < -0.4 is 0 Å². The Morgan fingerprint density at radius 1 is 1.12 bits per heavy atom. The zero-order valence-electron chi connectivity index (χ0n) is 12.3. The number of allylic oxidation sites excluding steroid dienone is 2. The first kappa shape index (κ1) is 18.3. The molecule has 0 N–H and O–H groups in total. The maximum atomic E-state index is 11.5. The second-order valence-electron chi connectivity index (χ2n) is 3.44. The molecular weight excluding hydrogens is 214 g/mol. The molecule has 0 aromatic rings. The van der Waals surface area contributed by atoms with Gasteiger partial charge in [-0.05, 0) is 13.3 Å². The van der Waals surface area contributed by atoms with Gasteiger partial charge < -0.3 is 0 Å². The highest BCUT2D eigenvalue weighted by atomic mass is 16.2. The lowest BCUT2D eigenvalue weighted by Crippen LogP contribution is -2.25. The summed E-state index contributed by atoms with van der Waals surface area (Å²) < 4.78 is 0. The predicted octanol–water partition coefficient (Wildman–Crippen LogP) is 3.26. The minimum atomic E-state index is -0.159. The molecular formula is C14H27NO2. The molecule has 1 fully saturated rings. The van der Waals surface area contributed by atoms with E-state index in [1.807, 2.05) is 53.7 Å². The fraction of sp³-hybridized carbons (Fsp3) is 0.714. The van der Waals surface area contributed by atoms with Gasteiger partial charge in [0.25, 0.3) is 0 Å². The number of likely N-dealkylation sites (tertiary alicyclic amines) is 1. The van der Waals surface area contributed by atoms with Gasteiger partial charge in [-0.3, -0.25) is 14.5 Å². The molecule has 3 nitrogen and oxygen atoms in total. The standard InChI is InChI=1S/C10H15NO2.2C2H6/c1-4-5-6-8-7(2)9(12)11(3)10(8)13;2*1-2/h4-5,7-8H,6H2,1-3H3;2*1-2H3/b5-4-;;. The Morgan fingerprint density at radius 2 is 1.59 bits per heavy atom. The average molecular weight is 241 g/mol. The molecule has 2 unspecified atom stereocenters. The quantitative estimate of drug-likeness (QED) is 0.549. The molecule has 1 saturated heterocycles. The van der Waals surface area contributed by atoms with E-state index < -0.39 is 0 Å². The highest BCUT2D eigenvalue weighted by Crippen LogP contribution is 2.27. The van der Waals surface area contributed by atoms with Gasteiger partial charge in [0, 0.05) is 13.0 Å². The third-order valence-corrected chi connectivity index (χ3v) is 2.60. The lowest BCUT2D eigenvalue weighted by molar-refractivity contribution is -0.138. The summed E-state index contributed by atoms with van der Waals surface area (Å²) in [6, 6.07) is 0. The summed E-state index contributed by atoms with van der Waals surface area (Å²) in [5.41, 5.74) is 0. The lowest BCUT2D eigenvalue weighted by atomic mass is 9.93. The van der Waals surface area contributed by atoms with Crippen molar-refractivity contribution < 1.29 is 9.59 Å². The third-order valence-electron chi connectivity index (χ3n) is 2.60.